The molecule has 0 heterocycles. The Morgan fingerprint density at radius 2 is 0.803 bits per heavy atom. The van der Waals surface area contributed by atoms with E-state index in [1.54, 1.807) is 6.08 Å². The maximum Gasteiger partial charge on any atom is 0.268 e. The molecule has 0 spiro atoms. The van der Waals surface area contributed by atoms with Crippen molar-refractivity contribution in [2.45, 2.75) is 296 Å². The van der Waals surface area contributed by atoms with Gasteiger partial charge in [-0.05, 0) is 70.6 Å². The van der Waals surface area contributed by atoms with E-state index < -0.39 is 20.0 Å². The molecule has 0 aromatic heterocycles. The third-order valence-corrected chi connectivity index (χ3v) is 15.1. The topological polar surface area (TPSA) is 108 Å². The molecule has 0 aromatic carbocycles. The summed E-state index contributed by atoms with van der Waals surface area (Å²) in [6.45, 7) is 4.56. The number of carbonyl (C=O) groups excluding carboxylic acids is 1. The first-order valence-corrected chi connectivity index (χ1v) is 33.4. The second kappa shape index (κ2) is 57.4. The van der Waals surface area contributed by atoms with Crippen molar-refractivity contribution in [3.8, 4) is 0 Å². The van der Waals surface area contributed by atoms with E-state index in [0.29, 0.717) is 17.4 Å². The van der Waals surface area contributed by atoms with Crippen molar-refractivity contribution in [2.75, 3.05) is 40.9 Å². The number of hydrogen-bond acceptors (Lipinski definition) is 6. The first-order valence-electron chi connectivity index (χ1n) is 31.9. The lowest BCUT2D eigenvalue weighted by atomic mass is 10.0. The zero-order valence-corrected chi connectivity index (χ0v) is 51.3. The number of phosphoric acid groups is 1. The van der Waals surface area contributed by atoms with Gasteiger partial charge in [0.1, 0.15) is 13.2 Å². The van der Waals surface area contributed by atoms with Gasteiger partial charge in [0.25, 0.3) is 7.82 Å². The predicted molar refractivity (Wildman–Crippen MR) is 330 cm³/mol. The van der Waals surface area contributed by atoms with Crippen LogP contribution in [0.1, 0.15) is 284 Å². The highest BCUT2D eigenvalue weighted by Crippen LogP contribution is 2.38. The lowest BCUT2D eigenvalue weighted by molar-refractivity contribution is -0.870. The van der Waals surface area contributed by atoms with Gasteiger partial charge in [-0.3, -0.25) is 9.36 Å². The van der Waals surface area contributed by atoms with Crippen LogP contribution in [-0.4, -0.2) is 68.5 Å². The number of aliphatic hydroxyl groups is 1. The number of carbonyl (C=O) groups is 1. The molecule has 8 nitrogen and oxygen atoms in total. The summed E-state index contributed by atoms with van der Waals surface area (Å²) in [4.78, 5) is 25.6. The lowest BCUT2D eigenvalue weighted by Crippen LogP contribution is -2.45. The first-order chi connectivity index (χ1) is 37.0. The van der Waals surface area contributed by atoms with E-state index in [9.17, 15) is 19.4 Å². The third kappa shape index (κ3) is 59.3. The van der Waals surface area contributed by atoms with E-state index in [-0.39, 0.29) is 19.1 Å². The summed E-state index contributed by atoms with van der Waals surface area (Å²) in [5.74, 6) is -0.200. The molecule has 9 heteroatoms. The number of aliphatic hydroxyl groups excluding tert-OH is 1. The van der Waals surface area contributed by atoms with Crippen molar-refractivity contribution in [3.05, 3.63) is 85.1 Å². The number of allylic oxidation sites excluding steroid dienone is 13. The van der Waals surface area contributed by atoms with Crippen LogP contribution < -0.4 is 10.2 Å². The van der Waals surface area contributed by atoms with Crippen LogP contribution in [0.15, 0.2) is 85.1 Å². The van der Waals surface area contributed by atoms with E-state index in [1.807, 2.05) is 27.2 Å². The Morgan fingerprint density at radius 1 is 0.474 bits per heavy atom. The molecular formula is C67H123N2O6P. The molecule has 0 fully saturated rings. The minimum atomic E-state index is -4.61. The van der Waals surface area contributed by atoms with Crippen LogP contribution in [0.3, 0.4) is 0 Å². The summed E-state index contributed by atoms with van der Waals surface area (Å²) in [5.41, 5.74) is 0. The van der Waals surface area contributed by atoms with Crippen molar-refractivity contribution in [2.24, 2.45) is 0 Å². The second-order valence-corrected chi connectivity index (χ2v) is 24.1. The van der Waals surface area contributed by atoms with Crippen LogP contribution in [0.2, 0.25) is 0 Å². The average Bonchev–Trinajstić information content (AvgIpc) is 3.38. The van der Waals surface area contributed by atoms with E-state index >= 15 is 0 Å². The molecular weight excluding hydrogens is 960 g/mol. The number of likely N-dealkylation sites (N-methyl/N-ethyl adjacent to an activating group) is 1. The van der Waals surface area contributed by atoms with Crippen molar-refractivity contribution >= 4 is 13.7 Å². The van der Waals surface area contributed by atoms with E-state index in [4.69, 9.17) is 9.05 Å². The molecule has 0 bridgehead atoms. The molecule has 3 unspecified atom stereocenters. The Kier molecular flexibility index (Phi) is 55.6. The van der Waals surface area contributed by atoms with Crippen LogP contribution in [0.5, 0.6) is 0 Å². The zero-order chi connectivity index (χ0) is 55.6. The average molecular weight is 1080 g/mol. The maximum absolute atomic E-state index is 13.0. The summed E-state index contributed by atoms with van der Waals surface area (Å²) in [6.07, 6.45) is 81.0. The van der Waals surface area contributed by atoms with Gasteiger partial charge in [0, 0.05) is 6.42 Å². The monoisotopic (exact) mass is 1080 g/mol. The fourth-order valence-electron chi connectivity index (χ4n) is 9.16. The normalized spacial score (nSPS) is 14.4. The van der Waals surface area contributed by atoms with Crippen molar-refractivity contribution < 1.29 is 32.9 Å². The van der Waals surface area contributed by atoms with Gasteiger partial charge in [-0.2, -0.15) is 0 Å². The number of nitrogens with zero attached hydrogens (tertiary/aromatic N) is 1. The highest BCUT2D eigenvalue weighted by molar-refractivity contribution is 7.45. The van der Waals surface area contributed by atoms with Crippen molar-refractivity contribution in [1.29, 1.82) is 0 Å². The molecule has 0 aliphatic heterocycles. The number of hydrogen-bond donors (Lipinski definition) is 2. The number of unbranched alkanes of at least 4 members (excludes halogenated alkanes) is 33. The Bertz CT molecular complexity index is 1510. The van der Waals surface area contributed by atoms with Gasteiger partial charge < -0.3 is 28.8 Å². The first kappa shape index (κ1) is 73.7. The zero-order valence-electron chi connectivity index (χ0n) is 50.4. The molecule has 76 heavy (non-hydrogen) atoms. The summed E-state index contributed by atoms with van der Waals surface area (Å²) >= 11 is 0. The van der Waals surface area contributed by atoms with E-state index in [0.717, 1.165) is 77.0 Å². The number of nitrogens with one attached hydrogen (secondary N) is 1. The van der Waals surface area contributed by atoms with E-state index in [2.05, 4.69) is 92.1 Å². The molecule has 0 saturated heterocycles. The maximum atomic E-state index is 13.0. The third-order valence-electron chi connectivity index (χ3n) is 14.1. The lowest BCUT2D eigenvalue weighted by Gasteiger charge is -2.29. The van der Waals surface area contributed by atoms with Gasteiger partial charge in [0.15, 0.2) is 0 Å². The quantitative estimate of drug-likeness (QED) is 0.0272. The molecule has 442 valence electrons. The van der Waals surface area contributed by atoms with Crippen LogP contribution in [0, 0.1) is 0 Å². The molecule has 0 aliphatic carbocycles. The smallest absolute Gasteiger partial charge is 0.268 e. The Hall–Kier alpha value is -2.32. The minimum absolute atomic E-state index is 0.00386. The summed E-state index contributed by atoms with van der Waals surface area (Å²) in [5, 5.41) is 13.9. The molecule has 0 radical (unpaired) electrons. The van der Waals surface area contributed by atoms with Gasteiger partial charge in [-0.1, -0.05) is 292 Å². The van der Waals surface area contributed by atoms with Crippen LogP contribution in [0.25, 0.3) is 0 Å². The summed E-state index contributed by atoms with van der Waals surface area (Å²) in [6, 6.07) is -0.893. The fraction of sp³-hybridized carbons (Fsp3) is 0.776. The van der Waals surface area contributed by atoms with Crippen molar-refractivity contribution in [1.82, 2.24) is 5.32 Å². The Balaban J connectivity index is 4.15. The number of quaternary nitrogens is 1. The Morgan fingerprint density at radius 3 is 1.17 bits per heavy atom. The number of amides is 1. The van der Waals surface area contributed by atoms with Gasteiger partial charge >= 0.3 is 0 Å². The van der Waals surface area contributed by atoms with Gasteiger partial charge in [0.2, 0.25) is 5.91 Å². The molecule has 0 aliphatic rings. The summed E-state index contributed by atoms with van der Waals surface area (Å²) in [7, 11) is 1.26. The van der Waals surface area contributed by atoms with Crippen molar-refractivity contribution in [3.63, 3.8) is 0 Å². The number of rotatable bonds is 58. The molecule has 2 N–H and O–H groups in total. The van der Waals surface area contributed by atoms with Gasteiger partial charge in [-0.15, -0.1) is 0 Å². The highest BCUT2D eigenvalue weighted by atomic mass is 31.2. The molecule has 0 rings (SSSR count). The Labute approximate surface area is 471 Å². The van der Waals surface area contributed by atoms with Crippen LogP contribution in [-0.2, 0) is 18.4 Å². The largest absolute Gasteiger partial charge is 0.756 e. The molecule has 3 atom stereocenters. The standard InChI is InChI=1S/C67H123N2O6P/c1-6-8-10-12-14-16-18-20-22-24-26-28-30-31-32-33-34-35-36-37-39-41-43-45-47-49-51-53-55-57-59-61-67(71)68-65(64-75-76(72,73)74-63-62-69(3,4)5)66(70)60-58-56-54-52-50-48-46-44-42-40-38-29-27-25-23-21-19-17-15-13-11-9-7-2/h8,10,14,16,20,22,26,28,31-32,34-35,58,60,65-66,70H,6-7,9,11-13,15,17-19,21,23-25,27,29-30,33,36-57,59,61-64H2,1-5H3,(H-,68,71,72,73)/b10-8-,16-14-,22-20-,28-26-,32-31-,35-34-,60-58+. The minimum Gasteiger partial charge on any atom is -0.756 e. The van der Waals surface area contributed by atoms with E-state index in [1.165, 1.54) is 186 Å². The highest BCUT2D eigenvalue weighted by Gasteiger charge is 2.23. The van der Waals surface area contributed by atoms with Crippen LogP contribution >= 0.6 is 7.82 Å². The van der Waals surface area contributed by atoms with Gasteiger partial charge in [0.05, 0.1) is 39.9 Å². The fourth-order valence-corrected chi connectivity index (χ4v) is 9.88. The summed E-state index contributed by atoms with van der Waals surface area (Å²) < 4.78 is 23.4. The SMILES string of the molecule is CC/C=C\C/C=C\C/C=C\C/C=C\C/C=C\C/C=C\CCCCCCCCCCCCCCC(=O)NC(COP(=O)([O-])OCC[N+](C)(C)C)C(O)/C=C/CCCCCCCCCCCCCCCCCCCCCCC. The predicted octanol–water partition coefficient (Wildman–Crippen LogP) is 19.4. The second-order valence-electron chi connectivity index (χ2n) is 22.7. The molecule has 0 saturated carbocycles. The molecule has 0 aromatic rings. The number of phosphoric ester groups is 1. The van der Waals surface area contributed by atoms with Gasteiger partial charge in [-0.25, -0.2) is 0 Å². The van der Waals surface area contributed by atoms with Crippen LogP contribution in [0.4, 0.5) is 0 Å². The molecule has 1 amide bonds.